The first-order chi connectivity index (χ1) is 11.6. The lowest BCUT2D eigenvalue weighted by atomic mass is 10.1. The number of hydrogen-bond acceptors (Lipinski definition) is 4. The number of anilines is 1. The Hall–Kier alpha value is -3.41. The molecule has 0 aromatic heterocycles. The zero-order valence-electron chi connectivity index (χ0n) is 12.9. The molecule has 1 aliphatic heterocycles. The summed E-state index contributed by atoms with van der Waals surface area (Å²) >= 11 is 0. The fourth-order valence-corrected chi connectivity index (χ4v) is 2.32. The predicted octanol–water partition coefficient (Wildman–Crippen LogP) is 1.93. The van der Waals surface area contributed by atoms with Crippen LogP contribution in [-0.2, 0) is 14.3 Å². The van der Waals surface area contributed by atoms with Crippen molar-refractivity contribution in [3.63, 3.8) is 0 Å². The highest BCUT2D eigenvalue weighted by molar-refractivity contribution is 6.31. The Bertz CT molecular complexity index is 826. The second kappa shape index (κ2) is 6.37. The number of amides is 2. The summed E-state index contributed by atoms with van der Waals surface area (Å²) in [6.07, 6.45) is 1.49. The van der Waals surface area contributed by atoms with Crippen molar-refractivity contribution in [2.24, 2.45) is 0 Å². The topological polar surface area (TPSA) is 75.7 Å². The molecule has 6 heteroatoms. The number of para-hydroxylation sites is 1. The number of nitrogens with one attached hydrogen (secondary N) is 1. The lowest BCUT2D eigenvalue weighted by Crippen LogP contribution is -2.35. The Morgan fingerprint density at radius 1 is 1.04 bits per heavy atom. The first-order valence-electron chi connectivity index (χ1n) is 7.20. The molecule has 0 saturated carbocycles. The summed E-state index contributed by atoms with van der Waals surface area (Å²) in [5.41, 5.74) is 4.18. The van der Waals surface area contributed by atoms with Gasteiger partial charge in [0.2, 0.25) is 0 Å². The number of esters is 1. The van der Waals surface area contributed by atoms with E-state index in [-0.39, 0.29) is 5.57 Å². The van der Waals surface area contributed by atoms with Crippen molar-refractivity contribution in [1.29, 1.82) is 0 Å². The van der Waals surface area contributed by atoms with Crippen LogP contribution in [0.1, 0.15) is 15.9 Å². The van der Waals surface area contributed by atoms with Crippen LogP contribution in [-0.4, -0.2) is 24.9 Å². The van der Waals surface area contributed by atoms with E-state index in [0.717, 1.165) is 0 Å². The zero-order chi connectivity index (χ0) is 17.1. The lowest BCUT2D eigenvalue weighted by molar-refractivity contribution is -0.117. The maximum atomic E-state index is 12.4. The Kier molecular flexibility index (Phi) is 4.11. The summed E-state index contributed by atoms with van der Waals surface area (Å²) in [4.78, 5) is 35.9. The molecular weight excluding hydrogens is 308 g/mol. The van der Waals surface area contributed by atoms with E-state index in [0.29, 0.717) is 16.8 Å². The van der Waals surface area contributed by atoms with Crippen LogP contribution in [0.3, 0.4) is 0 Å². The molecule has 0 aliphatic carbocycles. The molecule has 2 aromatic rings. The Morgan fingerprint density at radius 3 is 2.33 bits per heavy atom. The van der Waals surface area contributed by atoms with Gasteiger partial charge in [-0.1, -0.05) is 30.3 Å². The van der Waals surface area contributed by atoms with Crippen LogP contribution in [0.5, 0.6) is 0 Å². The van der Waals surface area contributed by atoms with Crippen molar-refractivity contribution in [3.8, 4) is 0 Å². The maximum Gasteiger partial charge on any atom is 0.337 e. The minimum absolute atomic E-state index is 0.0321. The standard InChI is InChI=1S/C18H14N2O4/c1-24-18(23)13-9-7-12(8-10-13)11-15-16(21)19-20(17(15)22)14-5-3-2-4-6-14/h2-11H,1H3,(H,19,21)/b15-11+. The van der Waals surface area contributed by atoms with Gasteiger partial charge in [-0.25, -0.2) is 9.80 Å². The molecule has 1 N–H and O–H groups in total. The van der Waals surface area contributed by atoms with Crippen molar-refractivity contribution in [1.82, 2.24) is 5.43 Å². The van der Waals surface area contributed by atoms with Gasteiger partial charge in [-0.2, -0.15) is 0 Å². The van der Waals surface area contributed by atoms with E-state index in [1.54, 1.807) is 48.5 Å². The van der Waals surface area contributed by atoms with Crippen LogP contribution < -0.4 is 10.4 Å². The van der Waals surface area contributed by atoms with Crippen LogP contribution in [0.4, 0.5) is 5.69 Å². The van der Waals surface area contributed by atoms with E-state index in [9.17, 15) is 14.4 Å². The summed E-state index contributed by atoms with van der Waals surface area (Å²) in [5, 5.41) is 1.21. The molecule has 0 spiro atoms. The molecule has 1 aliphatic rings. The predicted molar refractivity (Wildman–Crippen MR) is 87.8 cm³/mol. The van der Waals surface area contributed by atoms with Crippen LogP contribution in [0.2, 0.25) is 0 Å². The summed E-state index contributed by atoms with van der Waals surface area (Å²) in [5.74, 6) is -1.34. The van der Waals surface area contributed by atoms with E-state index < -0.39 is 17.8 Å². The van der Waals surface area contributed by atoms with Crippen LogP contribution in [0.15, 0.2) is 60.2 Å². The quantitative estimate of drug-likeness (QED) is 0.532. The highest BCUT2D eigenvalue weighted by atomic mass is 16.5. The number of carbonyl (C=O) groups is 3. The number of rotatable bonds is 3. The largest absolute Gasteiger partial charge is 0.465 e. The highest BCUT2D eigenvalue weighted by Gasteiger charge is 2.34. The molecule has 120 valence electrons. The highest BCUT2D eigenvalue weighted by Crippen LogP contribution is 2.21. The van der Waals surface area contributed by atoms with Crippen molar-refractivity contribution < 1.29 is 19.1 Å². The molecule has 1 heterocycles. The summed E-state index contributed by atoms with van der Waals surface area (Å²) in [6, 6.07) is 15.3. The van der Waals surface area contributed by atoms with Crippen molar-refractivity contribution in [3.05, 3.63) is 71.3 Å². The Labute approximate surface area is 138 Å². The van der Waals surface area contributed by atoms with E-state index in [2.05, 4.69) is 10.2 Å². The summed E-state index contributed by atoms with van der Waals surface area (Å²) in [6.45, 7) is 0. The molecule has 6 nitrogen and oxygen atoms in total. The van der Waals surface area contributed by atoms with E-state index in [1.807, 2.05) is 6.07 Å². The van der Waals surface area contributed by atoms with E-state index >= 15 is 0 Å². The minimum atomic E-state index is -0.471. The molecule has 1 saturated heterocycles. The fourth-order valence-electron chi connectivity index (χ4n) is 2.32. The number of methoxy groups -OCH3 is 1. The molecular formula is C18H14N2O4. The number of benzene rings is 2. The number of hydrogen-bond donors (Lipinski definition) is 1. The van der Waals surface area contributed by atoms with Gasteiger partial charge in [0.05, 0.1) is 18.4 Å². The molecule has 0 radical (unpaired) electrons. The second-order valence-electron chi connectivity index (χ2n) is 5.09. The normalized spacial score (nSPS) is 15.5. The Balaban J connectivity index is 1.86. The molecule has 2 aromatic carbocycles. The second-order valence-corrected chi connectivity index (χ2v) is 5.09. The summed E-state index contributed by atoms with van der Waals surface area (Å²) < 4.78 is 4.63. The summed E-state index contributed by atoms with van der Waals surface area (Å²) in [7, 11) is 1.30. The number of ether oxygens (including phenoxy) is 1. The lowest BCUT2D eigenvalue weighted by Gasteiger charge is -2.13. The van der Waals surface area contributed by atoms with Crippen LogP contribution in [0.25, 0.3) is 6.08 Å². The first kappa shape index (κ1) is 15.5. The fraction of sp³-hybridized carbons (Fsp3) is 0.0556. The van der Waals surface area contributed by atoms with Gasteiger partial charge in [0.15, 0.2) is 0 Å². The van der Waals surface area contributed by atoms with Crippen molar-refractivity contribution >= 4 is 29.5 Å². The first-order valence-corrected chi connectivity index (χ1v) is 7.20. The van der Waals surface area contributed by atoms with Gasteiger partial charge in [-0.3, -0.25) is 15.0 Å². The van der Waals surface area contributed by atoms with Crippen LogP contribution >= 0.6 is 0 Å². The van der Waals surface area contributed by atoms with Crippen molar-refractivity contribution in [2.45, 2.75) is 0 Å². The van der Waals surface area contributed by atoms with Gasteiger partial charge in [0, 0.05) is 0 Å². The molecule has 3 rings (SSSR count). The number of carbonyl (C=O) groups excluding carboxylic acids is 3. The van der Waals surface area contributed by atoms with Gasteiger partial charge in [0.25, 0.3) is 11.8 Å². The smallest absolute Gasteiger partial charge is 0.337 e. The van der Waals surface area contributed by atoms with Gasteiger partial charge in [0.1, 0.15) is 5.57 Å². The minimum Gasteiger partial charge on any atom is -0.465 e. The third-order valence-electron chi connectivity index (χ3n) is 3.55. The Morgan fingerprint density at radius 2 is 1.71 bits per heavy atom. The van der Waals surface area contributed by atoms with Gasteiger partial charge < -0.3 is 4.74 Å². The molecule has 1 fully saturated rings. The monoisotopic (exact) mass is 322 g/mol. The van der Waals surface area contributed by atoms with Gasteiger partial charge >= 0.3 is 5.97 Å². The molecule has 24 heavy (non-hydrogen) atoms. The average molecular weight is 322 g/mol. The van der Waals surface area contributed by atoms with E-state index in [4.69, 9.17) is 0 Å². The zero-order valence-corrected chi connectivity index (χ0v) is 12.9. The van der Waals surface area contributed by atoms with Crippen LogP contribution in [0, 0.1) is 0 Å². The third-order valence-corrected chi connectivity index (χ3v) is 3.55. The molecule has 0 bridgehead atoms. The van der Waals surface area contributed by atoms with Crippen molar-refractivity contribution in [2.75, 3.05) is 12.1 Å². The average Bonchev–Trinajstić information content (AvgIpc) is 2.90. The molecule has 0 atom stereocenters. The van der Waals surface area contributed by atoms with Gasteiger partial charge in [-0.15, -0.1) is 0 Å². The third kappa shape index (κ3) is 2.89. The maximum absolute atomic E-state index is 12.4. The number of nitrogens with zero attached hydrogens (tertiary/aromatic N) is 1. The molecule has 0 unspecified atom stereocenters. The van der Waals surface area contributed by atoms with E-state index in [1.165, 1.54) is 18.2 Å². The van der Waals surface area contributed by atoms with Gasteiger partial charge in [-0.05, 0) is 35.9 Å². The number of hydrazine groups is 1. The SMILES string of the molecule is COC(=O)c1ccc(/C=C2\C(=O)NN(c3ccccc3)C2=O)cc1. The molecule has 2 amide bonds.